The average Bonchev–Trinajstić information content (AvgIpc) is 2.76. The van der Waals surface area contributed by atoms with Gasteiger partial charge in [0.25, 0.3) is 0 Å². The van der Waals surface area contributed by atoms with Gasteiger partial charge in [-0.1, -0.05) is 50.2 Å². The van der Waals surface area contributed by atoms with E-state index < -0.39 is 0 Å². The van der Waals surface area contributed by atoms with Gasteiger partial charge in [-0.05, 0) is 11.0 Å². The minimum Gasteiger partial charge on any atom is -0.390 e. The highest BCUT2D eigenvalue weighted by Crippen LogP contribution is 2.26. The molecule has 0 fully saturated rings. The molecular formula is C14H17NO2. The van der Waals surface area contributed by atoms with E-state index in [0.717, 1.165) is 5.56 Å². The van der Waals surface area contributed by atoms with Crippen molar-refractivity contribution < 1.29 is 9.63 Å². The molecule has 0 bridgehead atoms. The molecule has 0 spiro atoms. The van der Waals surface area contributed by atoms with Crippen molar-refractivity contribution >= 4 is 0 Å². The van der Waals surface area contributed by atoms with Crippen molar-refractivity contribution in [2.24, 2.45) is 0 Å². The maximum atomic E-state index is 8.93. The normalized spacial score (nSPS) is 11.8. The Bertz CT molecular complexity index is 492. The molecule has 3 nitrogen and oxygen atoms in total. The van der Waals surface area contributed by atoms with Crippen molar-refractivity contribution in [1.29, 1.82) is 0 Å². The van der Waals surface area contributed by atoms with Crippen LogP contribution in [-0.2, 0) is 12.0 Å². The van der Waals surface area contributed by atoms with Gasteiger partial charge in [-0.25, -0.2) is 0 Å². The highest BCUT2D eigenvalue weighted by molar-refractivity contribution is 5.58. The molecule has 0 saturated carbocycles. The Morgan fingerprint density at radius 1 is 1.18 bits per heavy atom. The summed E-state index contributed by atoms with van der Waals surface area (Å²) in [5.74, 6) is 0.689. The number of hydrogen-bond acceptors (Lipinski definition) is 3. The number of nitrogens with zero attached hydrogens (tertiary/aromatic N) is 1. The molecule has 90 valence electrons. The van der Waals surface area contributed by atoms with Crippen molar-refractivity contribution in [2.75, 3.05) is 0 Å². The Labute approximate surface area is 101 Å². The Morgan fingerprint density at radius 2 is 1.82 bits per heavy atom. The zero-order valence-electron chi connectivity index (χ0n) is 10.4. The third-order valence-electron chi connectivity index (χ3n) is 2.76. The molecule has 0 aliphatic rings. The van der Waals surface area contributed by atoms with E-state index in [9.17, 15) is 0 Å². The van der Waals surface area contributed by atoms with Crippen LogP contribution in [0.25, 0.3) is 11.3 Å². The van der Waals surface area contributed by atoms with Crippen LogP contribution < -0.4 is 0 Å². The average molecular weight is 231 g/mol. The zero-order chi connectivity index (χ0) is 12.5. The lowest BCUT2D eigenvalue weighted by Crippen LogP contribution is -2.10. The van der Waals surface area contributed by atoms with Gasteiger partial charge in [0, 0.05) is 11.6 Å². The summed E-state index contributed by atoms with van der Waals surface area (Å²) in [7, 11) is 0. The molecule has 0 aliphatic carbocycles. The molecule has 1 heterocycles. The fourth-order valence-electron chi connectivity index (χ4n) is 1.66. The fourth-order valence-corrected chi connectivity index (χ4v) is 1.66. The van der Waals surface area contributed by atoms with Gasteiger partial charge in [0.15, 0.2) is 5.76 Å². The number of rotatable bonds is 2. The van der Waals surface area contributed by atoms with Crippen LogP contribution in [0.4, 0.5) is 0 Å². The lowest BCUT2D eigenvalue weighted by molar-refractivity contribution is 0.267. The van der Waals surface area contributed by atoms with Crippen LogP contribution in [-0.4, -0.2) is 10.3 Å². The molecule has 2 rings (SSSR count). The van der Waals surface area contributed by atoms with E-state index in [0.29, 0.717) is 11.5 Å². The van der Waals surface area contributed by atoms with E-state index in [2.05, 4.69) is 38.1 Å². The molecule has 0 aliphatic heterocycles. The number of hydrogen-bond donors (Lipinski definition) is 1. The summed E-state index contributed by atoms with van der Waals surface area (Å²) in [6.07, 6.45) is 0. The molecular weight excluding hydrogens is 214 g/mol. The molecule has 2 aromatic rings. The minimum atomic E-state index is -0.0937. The minimum absolute atomic E-state index is 0.0937. The Balaban J connectivity index is 2.29. The maximum Gasteiger partial charge on any atom is 0.167 e. The number of aromatic nitrogens is 1. The zero-order valence-corrected chi connectivity index (χ0v) is 10.4. The summed E-state index contributed by atoms with van der Waals surface area (Å²) in [6, 6.07) is 9.98. The third kappa shape index (κ3) is 2.56. The fraction of sp³-hybridized carbons (Fsp3) is 0.357. The predicted octanol–water partition coefficient (Wildman–Crippen LogP) is 3.13. The van der Waals surface area contributed by atoms with Crippen LogP contribution in [0, 0.1) is 0 Å². The highest BCUT2D eigenvalue weighted by atomic mass is 16.5. The van der Waals surface area contributed by atoms with Gasteiger partial charge in [0.1, 0.15) is 5.69 Å². The van der Waals surface area contributed by atoms with Crippen LogP contribution in [0.1, 0.15) is 32.0 Å². The summed E-state index contributed by atoms with van der Waals surface area (Å²) < 4.78 is 5.16. The first-order valence-corrected chi connectivity index (χ1v) is 5.68. The SMILES string of the molecule is CC(C)(C)c1ccc(-c2cc(CO)no2)cc1. The van der Waals surface area contributed by atoms with Crippen LogP contribution in [0.3, 0.4) is 0 Å². The largest absolute Gasteiger partial charge is 0.390 e. The van der Waals surface area contributed by atoms with Gasteiger partial charge in [-0.3, -0.25) is 0 Å². The first-order chi connectivity index (χ1) is 8.00. The van der Waals surface area contributed by atoms with Crippen molar-refractivity contribution in [3.8, 4) is 11.3 Å². The molecule has 1 aromatic carbocycles. The molecule has 1 N–H and O–H groups in total. The molecule has 0 amide bonds. The second kappa shape index (κ2) is 4.34. The third-order valence-corrected chi connectivity index (χ3v) is 2.76. The van der Waals surface area contributed by atoms with E-state index in [4.69, 9.17) is 9.63 Å². The van der Waals surface area contributed by atoms with Gasteiger partial charge in [-0.2, -0.15) is 0 Å². The molecule has 0 radical (unpaired) electrons. The monoisotopic (exact) mass is 231 g/mol. The smallest absolute Gasteiger partial charge is 0.167 e. The maximum absolute atomic E-state index is 8.93. The quantitative estimate of drug-likeness (QED) is 0.863. The van der Waals surface area contributed by atoms with Gasteiger partial charge in [0.05, 0.1) is 6.61 Å². The molecule has 0 atom stereocenters. The number of aliphatic hydroxyl groups is 1. The van der Waals surface area contributed by atoms with Gasteiger partial charge in [-0.15, -0.1) is 0 Å². The van der Waals surface area contributed by atoms with Crippen molar-refractivity contribution in [3.05, 3.63) is 41.6 Å². The second-order valence-electron chi connectivity index (χ2n) is 5.17. The van der Waals surface area contributed by atoms with Crippen LogP contribution in [0.2, 0.25) is 0 Å². The number of aliphatic hydroxyl groups excluding tert-OH is 1. The summed E-state index contributed by atoms with van der Waals surface area (Å²) >= 11 is 0. The standard InChI is InChI=1S/C14H17NO2/c1-14(2,3)11-6-4-10(5-7-11)13-8-12(9-16)15-17-13/h4-8,16H,9H2,1-3H3. The van der Waals surface area contributed by atoms with E-state index in [-0.39, 0.29) is 12.0 Å². The Hall–Kier alpha value is -1.61. The van der Waals surface area contributed by atoms with Crippen LogP contribution >= 0.6 is 0 Å². The topological polar surface area (TPSA) is 46.3 Å². The summed E-state index contributed by atoms with van der Waals surface area (Å²) in [4.78, 5) is 0. The van der Waals surface area contributed by atoms with E-state index in [1.165, 1.54) is 5.56 Å². The van der Waals surface area contributed by atoms with Crippen LogP contribution in [0.5, 0.6) is 0 Å². The summed E-state index contributed by atoms with van der Waals surface area (Å²) in [5, 5.41) is 12.7. The van der Waals surface area contributed by atoms with Gasteiger partial charge in [0.2, 0.25) is 0 Å². The second-order valence-corrected chi connectivity index (χ2v) is 5.17. The van der Waals surface area contributed by atoms with E-state index in [1.807, 2.05) is 12.1 Å². The lowest BCUT2D eigenvalue weighted by Gasteiger charge is -2.18. The van der Waals surface area contributed by atoms with Crippen molar-refractivity contribution in [2.45, 2.75) is 32.8 Å². The summed E-state index contributed by atoms with van der Waals surface area (Å²) in [5.41, 5.74) is 2.96. The van der Waals surface area contributed by atoms with Gasteiger partial charge < -0.3 is 9.63 Å². The summed E-state index contributed by atoms with van der Waals surface area (Å²) in [6.45, 7) is 6.45. The lowest BCUT2D eigenvalue weighted by atomic mass is 9.86. The van der Waals surface area contributed by atoms with Crippen molar-refractivity contribution in [3.63, 3.8) is 0 Å². The highest BCUT2D eigenvalue weighted by Gasteiger charge is 2.14. The van der Waals surface area contributed by atoms with Crippen molar-refractivity contribution in [1.82, 2.24) is 5.16 Å². The first-order valence-electron chi connectivity index (χ1n) is 5.68. The first kappa shape index (κ1) is 11.9. The number of benzene rings is 1. The van der Waals surface area contributed by atoms with Crippen LogP contribution in [0.15, 0.2) is 34.9 Å². The van der Waals surface area contributed by atoms with E-state index in [1.54, 1.807) is 6.07 Å². The molecule has 3 heteroatoms. The van der Waals surface area contributed by atoms with Gasteiger partial charge >= 0.3 is 0 Å². The molecule has 17 heavy (non-hydrogen) atoms. The molecule has 1 aromatic heterocycles. The molecule has 0 unspecified atom stereocenters. The Morgan fingerprint density at radius 3 is 2.29 bits per heavy atom. The molecule has 0 saturated heterocycles. The predicted molar refractivity (Wildman–Crippen MR) is 66.6 cm³/mol. The van der Waals surface area contributed by atoms with E-state index >= 15 is 0 Å². The Kier molecular flexibility index (Phi) is 3.03.